The molecule has 1 aliphatic rings. The van der Waals surface area contributed by atoms with E-state index in [1.807, 2.05) is 0 Å². The van der Waals surface area contributed by atoms with Gasteiger partial charge in [-0.25, -0.2) is 4.39 Å². The molecule has 6 nitrogen and oxygen atoms in total. The van der Waals surface area contributed by atoms with Crippen LogP contribution in [0, 0.1) is 19.5 Å². The molecule has 2 rings (SSSR count). The first-order chi connectivity index (χ1) is 9.97. The zero-order valence-corrected chi connectivity index (χ0v) is 14.0. The Morgan fingerprint density at radius 2 is 2.05 bits per heavy atom. The first-order valence-electron chi connectivity index (χ1n) is 6.75. The molecular formula is C13H18FIN4O2. The summed E-state index contributed by atoms with van der Waals surface area (Å²) in [5.41, 5.74) is 0.159. The van der Waals surface area contributed by atoms with Crippen molar-refractivity contribution >= 4 is 34.0 Å². The molecule has 1 N–H and O–H groups in total. The maximum Gasteiger partial charge on any atom is 0.293 e. The third kappa shape index (κ3) is 4.48. The van der Waals surface area contributed by atoms with Crippen LogP contribution in [0.5, 0.6) is 0 Å². The minimum absolute atomic E-state index is 0.0841. The summed E-state index contributed by atoms with van der Waals surface area (Å²) in [6, 6.07) is 2.46. The van der Waals surface area contributed by atoms with Crippen LogP contribution in [0.2, 0.25) is 0 Å². The lowest BCUT2D eigenvalue weighted by Gasteiger charge is -2.32. The van der Waals surface area contributed by atoms with Gasteiger partial charge in [0.15, 0.2) is 0 Å². The highest BCUT2D eigenvalue weighted by Gasteiger charge is 2.18. The van der Waals surface area contributed by atoms with Crippen molar-refractivity contribution in [1.82, 2.24) is 9.80 Å². The first kappa shape index (κ1) is 16.4. The molecule has 116 valence electrons. The van der Waals surface area contributed by atoms with Crippen LogP contribution in [-0.2, 0) is 0 Å². The van der Waals surface area contributed by atoms with Crippen LogP contribution < -0.4 is 5.32 Å². The van der Waals surface area contributed by atoms with Gasteiger partial charge in [0.1, 0.15) is 11.5 Å². The van der Waals surface area contributed by atoms with Crippen LogP contribution in [0.3, 0.4) is 0 Å². The molecule has 1 aliphatic heterocycles. The number of nitrogens with one attached hydrogen (secondary N) is 1. The molecule has 0 atom stereocenters. The molecule has 21 heavy (non-hydrogen) atoms. The average molecular weight is 408 g/mol. The van der Waals surface area contributed by atoms with Crippen molar-refractivity contribution in [3.63, 3.8) is 0 Å². The minimum atomic E-state index is -0.486. The van der Waals surface area contributed by atoms with Crippen LogP contribution in [-0.4, -0.2) is 61.0 Å². The second-order valence-electron chi connectivity index (χ2n) is 5.11. The third-order valence-electron chi connectivity index (χ3n) is 3.57. The number of likely N-dealkylation sites (N-methyl/N-ethyl adjacent to an activating group) is 1. The lowest BCUT2D eigenvalue weighted by Crippen LogP contribution is -2.45. The highest BCUT2D eigenvalue weighted by molar-refractivity contribution is 14.1. The lowest BCUT2D eigenvalue weighted by molar-refractivity contribution is -0.384. The van der Waals surface area contributed by atoms with Gasteiger partial charge in [-0.15, -0.1) is 0 Å². The van der Waals surface area contributed by atoms with Crippen molar-refractivity contribution in [1.29, 1.82) is 0 Å². The van der Waals surface area contributed by atoms with Gasteiger partial charge in [-0.05, 0) is 29.6 Å². The van der Waals surface area contributed by atoms with E-state index in [9.17, 15) is 14.5 Å². The SMILES string of the molecule is CN1CCN(CCNc2cc(F)c(I)cc2[N+](=O)[O-])CC1. The molecule has 0 saturated carbocycles. The van der Waals surface area contributed by atoms with E-state index in [4.69, 9.17) is 0 Å². The predicted molar refractivity (Wildman–Crippen MR) is 88.2 cm³/mol. The fourth-order valence-electron chi connectivity index (χ4n) is 2.25. The number of hydrogen-bond acceptors (Lipinski definition) is 5. The molecule has 1 fully saturated rings. The summed E-state index contributed by atoms with van der Waals surface area (Å²) in [6.45, 7) is 5.38. The number of rotatable bonds is 5. The summed E-state index contributed by atoms with van der Waals surface area (Å²) in [5.74, 6) is -0.441. The highest BCUT2D eigenvalue weighted by atomic mass is 127. The van der Waals surface area contributed by atoms with E-state index < -0.39 is 10.7 Å². The first-order valence-corrected chi connectivity index (χ1v) is 7.83. The molecule has 0 unspecified atom stereocenters. The molecule has 0 radical (unpaired) electrons. The van der Waals surface area contributed by atoms with Gasteiger partial charge in [-0.1, -0.05) is 0 Å². The van der Waals surface area contributed by atoms with Crippen LogP contribution in [0.1, 0.15) is 0 Å². The van der Waals surface area contributed by atoms with Gasteiger partial charge >= 0.3 is 0 Å². The van der Waals surface area contributed by atoms with Crippen molar-refractivity contribution in [3.05, 3.63) is 31.6 Å². The largest absolute Gasteiger partial charge is 0.378 e. The van der Waals surface area contributed by atoms with Crippen molar-refractivity contribution in [3.8, 4) is 0 Å². The normalized spacial score (nSPS) is 16.9. The molecule has 1 aromatic rings. The van der Waals surface area contributed by atoms with E-state index >= 15 is 0 Å². The summed E-state index contributed by atoms with van der Waals surface area (Å²) >= 11 is 1.75. The Kier molecular flexibility index (Phi) is 5.71. The van der Waals surface area contributed by atoms with E-state index in [1.165, 1.54) is 12.1 Å². The molecule has 1 heterocycles. The predicted octanol–water partition coefficient (Wildman–Crippen LogP) is 2.00. The summed E-state index contributed by atoms with van der Waals surface area (Å²) in [5, 5.41) is 14.0. The zero-order valence-electron chi connectivity index (χ0n) is 11.8. The van der Waals surface area contributed by atoms with Crippen LogP contribution in [0.4, 0.5) is 15.8 Å². The van der Waals surface area contributed by atoms with Crippen molar-refractivity contribution in [2.24, 2.45) is 0 Å². The number of anilines is 1. The topological polar surface area (TPSA) is 61.6 Å². The number of benzene rings is 1. The number of piperazine rings is 1. The number of hydrogen-bond donors (Lipinski definition) is 1. The minimum Gasteiger partial charge on any atom is -0.378 e. The third-order valence-corrected chi connectivity index (χ3v) is 4.40. The summed E-state index contributed by atoms with van der Waals surface area (Å²) in [6.07, 6.45) is 0. The molecule has 8 heteroatoms. The molecule has 0 bridgehead atoms. The van der Waals surface area contributed by atoms with Gasteiger partial charge in [-0.2, -0.15) is 0 Å². The maximum atomic E-state index is 13.6. The number of nitro benzene ring substituents is 1. The van der Waals surface area contributed by atoms with Crippen LogP contribution in [0.25, 0.3) is 0 Å². The van der Waals surface area contributed by atoms with Crippen molar-refractivity contribution < 1.29 is 9.31 Å². The quantitative estimate of drug-likeness (QED) is 0.459. The van der Waals surface area contributed by atoms with Gasteiger partial charge < -0.3 is 10.2 Å². The van der Waals surface area contributed by atoms with Crippen LogP contribution in [0.15, 0.2) is 12.1 Å². The Balaban J connectivity index is 1.93. The summed E-state index contributed by atoms with van der Waals surface area (Å²) < 4.78 is 13.8. The Morgan fingerprint density at radius 3 is 2.67 bits per heavy atom. The standard InChI is InChI=1S/C13H18FIN4O2/c1-17-4-6-18(7-5-17)3-2-16-12-8-10(14)11(15)9-13(12)19(20)21/h8-9,16H,2-7H2,1H3. The summed E-state index contributed by atoms with van der Waals surface area (Å²) in [4.78, 5) is 15.1. The number of halogens is 2. The number of nitrogens with zero attached hydrogens (tertiary/aromatic N) is 3. The monoisotopic (exact) mass is 408 g/mol. The van der Waals surface area contributed by atoms with E-state index in [0.29, 0.717) is 6.54 Å². The zero-order chi connectivity index (χ0) is 15.4. The van der Waals surface area contributed by atoms with E-state index in [1.54, 1.807) is 22.6 Å². The molecule has 0 aromatic heterocycles. The fraction of sp³-hybridized carbons (Fsp3) is 0.538. The molecule has 1 aromatic carbocycles. The Labute approximate surface area is 136 Å². The second-order valence-corrected chi connectivity index (χ2v) is 6.27. The van der Waals surface area contributed by atoms with E-state index in [2.05, 4.69) is 22.2 Å². The highest BCUT2D eigenvalue weighted by Crippen LogP contribution is 2.28. The second kappa shape index (κ2) is 7.32. The average Bonchev–Trinajstić information content (AvgIpc) is 2.44. The molecular weight excluding hydrogens is 390 g/mol. The van der Waals surface area contributed by atoms with Gasteiger partial charge in [0.05, 0.1) is 8.49 Å². The Morgan fingerprint density at radius 1 is 1.38 bits per heavy atom. The van der Waals surface area contributed by atoms with Crippen molar-refractivity contribution in [2.75, 3.05) is 51.6 Å². The molecule has 0 amide bonds. The smallest absolute Gasteiger partial charge is 0.293 e. The molecule has 0 spiro atoms. The molecule has 1 saturated heterocycles. The van der Waals surface area contributed by atoms with Gasteiger partial charge in [0.2, 0.25) is 0 Å². The summed E-state index contributed by atoms with van der Waals surface area (Å²) in [7, 11) is 2.09. The number of nitro groups is 1. The lowest BCUT2D eigenvalue weighted by atomic mass is 10.2. The maximum absolute atomic E-state index is 13.6. The van der Waals surface area contributed by atoms with Gasteiger partial charge in [0.25, 0.3) is 5.69 Å². The van der Waals surface area contributed by atoms with Crippen LogP contribution >= 0.6 is 22.6 Å². The fourth-order valence-corrected chi connectivity index (χ4v) is 2.70. The van der Waals surface area contributed by atoms with E-state index in [0.717, 1.165) is 32.7 Å². The van der Waals surface area contributed by atoms with Gasteiger partial charge in [-0.3, -0.25) is 15.0 Å². The Hall–Kier alpha value is -1.00. The van der Waals surface area contributed by atoms with E-state index in [-0.39, 0.29) is 14.9 Å². The molecule has 0 aliphatic carbocycles. The van der Waals surface area contributed by atoms with Crippen molar-refractivity contribution in [2.45, 2.75) is 0 Å². The Bertz CT molecular complexity index is 521. The van der Waals surface area contributed by atoms with Gasteiger partial charge in [0, 0.05) is 51.4 Å².